The third kappa shape index (κ3) is 2.09. The lowest BCUT2D eigenvalue weighted by Gasteiger charge is -2.04. The highest BCUT2D eigenvalue weighted by molar-refractivity contribution is 7.07. The molecule has 1 atom stereocenters. The van der Waals surface area contributed by atoms with Crippen LogP contribution < -0.4 is 0 Å². The number of oxazole rings is 1. The van der Waals surface area contributed by atoms with Crippen LogP contribution in [0.15, 0.2) is 45.5 Å². The molecule has 2 heterocycles. The van der Waals surface area contributed by atoms with Gasteiger partial charge in [-0.3, -0.25) is 0 Å². The summed E-state index contributed by atoms with van der Waals surface area (Å²) in [5.74, 6) is 0.574. The number of rotatable bonds is 3. The Morgan fingerprint density at radius 1 is 1.29 bits per heavy atom. The number of thiophene rings is 1. The van der Waals surface area contributed by atoms with Crippen molar-refractivity contribution in [3.05, 3.63) is 52.5 Å². The second-order valence-electron chi connectivity index (χ2n) is 3.85. The van der Waals surface area contributed by atoms with Crippen LogP contribution in [0.1, 0.15) is 17.6 Å². The van der Waals surface area contributed by atoms with E-state index >= 15 is 0 Å². The lowest BCUT2D eigenvalue weighted by Crippen LogP contribution is -2.00. The fourth-order valence-corrected chi connectivity index (χ4v) is 2.46. The zero-order valence-corrected chi connectivity index (χ0v) is 9.85. The third-order valence-electron chi connectivity index (χ3n) is 2.63. The maximum Gasteiger partial charge on any atom is 0.198 e. The van der Waals surface area contributed by atoms with Crippen LogP contribution in [-0.2, 0) is 6.42 Å². The molecule has 0 radical (unpaired) electrons. The quantitative estimate of drug-likeness (QED) is 0.771. The van der Waals surface area contributed by atoms with Gasteiger partial charge in [0.1, 0.15) is 5.52 Å². The van der Waals surface area contributed by atoms with Crippen LogP contribution in [0.25, 0.3) is 11.1 Å². The molecule has 0 saturated carbocycles. The van der Waals surface area contributed by atoms with Crippen molar-refractivity contribution in [1.29, 1.82) is 0 Å². The molecule has 4 heteroatoms. The van der Waals surface area contributed by atoms with Crippen molar-refractivity contribution >= 4 is 22.4 Å². The number of hydrogen-bond acceptors (Lipinski definition) is 4. The Labute approximate surface area is 102 Å². The van der Waals surface area contributed by atoms with Crippen LogP contribution in [0.4, 0.5) is 0 Å². The lowest BCUT2D eigenvalue weighted by molar-refractivity contribution is 0.170. The first-order valence-corrected chi connectivity index (χ1v) is 6.32. The highest BCUT2D eigenvalue weighted by Crippen LogP contribution is 2.22. The Hall–Kier alpha value is -1.65. The van der Waals surface area contributed by atoms with E-state index in [1.54, 1.807) is 11.3 Å². The number of aromatic nitrogens is 1. The van der Waals surface area contributed by atoms with Crippen LogP contribution in [0.5, 0.6) is 0 Å². The molecule has 86 valence electrons. The van der Waals surface area contributed by atoms with Gasteiger partial charge in [-0.25, -0.2) is 4.98 Å². The van der Waals surface area contributed by atoms with Gasteiger partial charge in [-0.1, -0.05) is 12.1 Å². The molecular weight excluding hydrogens is 234 g/mol. The molecule has 0 bridgehead atoms. The van der Waals surface area contributed by atoms with Crippen LogP contribution in [0, 0.1) is 0 Å². The first-order valence-electron chi connectivity index (χ1n) is 5.37. The molecule has 0 aliphatic heterocycles. The smallest absolute Gasteiger partial charge is 0.198 e. The molecule has 0 aliphatic carbocycles. The highest BCUT2D eigenvalue weighted by Gasteiger charge is 2.13. The highest BCUT2D eigenvalue weighted by atomic mass is 32.1. The molecule has 1 aromatic carbocycles. The number of nitrogens with zero attached hydrogens (tertiary/aromatic N) is 1. The Morgan fingerprint density at radius 3 is 2.94 bits per heavy atom. The van der Waals surface area contributed by atoms with Crippen molar-refractivity contribution < 1.29 is 9.52 Å². The number of aliphatic hydroxyl groups excluding tert-OH is 1. The minimum absolute atomic E-state index is 0.408. The molecule has 1 N–H and O–H groups in total. The second-order valence-corrected chi connectivity index (χ2v) is 4.63. The molecule has 0 saturated heterocycles. The van der Waals surface area contributed by atoms with Gasteiger partial charge in [0.05, 0.1) is 12.5 Å². The van der Waals surface area contributed by atoms with E-state index < -0.39 is 6.10 Å². The van der Waals surface area contributed by atoms with Crippen LogP contribution in [0.3, 0.4) is 0 Å². The minimum atomic E-state index is -0.547. The molecular formula is C13H11NO2S. The standard InChI is InChI=1S/C13H11NO2S/c15-11(9-5-6-17-8-9)7-13-14-10-3-1-2-4-12(10)16-13/h1-6,8,11,15H,7H2. The van der Waals surface area contributed by atoms with E-state index in [1.807, 2.05) is 41.1 Å². The SMILES string of the molecule is OC(Cc1nc2ccccc2o1)c1ccsc1. The summed E-state index contributed by atoms with van der Waals surface area (Å²) in [5, 5.41) is 13.9. The monoisotopic (exact) mass is 245 g/mol. The van der Waals surface area contributed by atoms with Crippen molar-refractivity contribution in [2.24, 2.45) is 0 Å². The molecule has 1 unspecified atom stereocenters. The van der Waals surface area contributed by atoms with E-state index in [0.717, 1.165) is 16.7 Å². The Bertz CT molecular complexity index is 582. The molecule has 3 rings (SSSR count). The van der Waals surface area contributed by atoms with Gasteiger partial charge < -0.3 is 9.52 Å². The second kappa shape index (κ2) is 4.31. The van der Waals surface area contributed by atoms with Gasteiger partial charge in [0, 0.05) is 0 Å². The number of aliphatic hydroxyl groups is 1. The van der Waals surface area contributed by atoms with Gasteiger partial charge in [-0.2, -0.15) is 11.3 Å². The topological polar surface area (TPSA) is 46.3 Å². The number of para-hydroxylation sites is 2. The van der Waals surface area contributed by atoms with Crippen molar-refractivity contribution in [3.8, 4) is 0 Å². The molecule has 0 amide bonds. The van der Waals surface area contributed by atoms with Crippen LogP contribution >= 0.6 is 11.3 Å². The summed E-state index contributed by atoms with van der Waals surface area (Å²) in [6, 6.07) is 9.52. The van der Waals surface area contributed by atoms with Gasteiger partial charge in [-0.15, -0.1) is 0 Å². The van der Waals surface area contributed by atoms with Gasteiger partial charge in [-0.05, 0) is 34.5 Å². The van der Waals surface area contributed by atoms with E-state index in [-0.39, 0.29) is 0 Å². The van der Waals surface area contributed by atoms with Gasteiger partial charge in [0.25, 0.3) is 0 Å². The summed E-state index contributed by atoms with van der Waals surface area (Å²) in [7, 11) is 0. The molecule has 0 spiro atoms. The maximum absolute atomic E-state index is 9.99. The fourth-order valence-electron chi connectivity index (χ4n) is 1.76. The van der Waals surface area contributed by atoms with Gasteiger partial charge >= 0.3 is 0 Å². The molecule has 17 heavy (non-hydrogen) atoms. The van der Waals surface area contributed by atoms with E-state index in [1.165, 1.54) is 0 Å². The predicted molar refractivity (Wildman–Crippen MR) is 67.0 cm³/mol. The zero-order valence-electron chi connectivity index (χ0n) is 9.04. The van der Waals surface area contributed by atoms with Crippen molar-refractivity contribution in [2.45, 2.75) is 12.5 Å². The molecule has 2 aromatic heterocycles. The molecule has 0 aliphatic rings. The van der Waals surface area contributed by atoms with E-state index in [2.05, 4.69) is 4.98 Å². The minimum Gasteiger partial charge on any atom is -0.441 e. The average molecular weight is 245 g/mol. The molecule has 3 aromatic rings. The van der Waals surface area contributed by atoms with Crippen molar-refractivity contribution in [1.82, 2.24) is 4.98 Å². The summed E-state index contributed by atoms with van der Waals surface area (Å²) in [6.07, 6.45) is -0.139. The Morgan fingerprint density at radius 2 is 2.18 bits per heavy atom. The van der Waals surface area contributed by atoms with Gasteiger partial charge in [0.2, 0.25) is 0 Å². The summed E-state index contributed by atoms with van der Waals surface area (Å²) >= 11 is 1.57. The average Bonchev–Trinajstić information content (AvgIpc) is 2.97. The first kappa shape index (κ1) is 10.5. The van der Waals surface area contributed by atoms with E-state index in [4.69, 9.17) is 4.42 Å². The number of benzene rings is 1. The van der Waals surface area contributed by atoms with E-state index in [9.17, 15) is 5.11 Å². The fraction of sp³-hybridized carbons (Fsp3) is 0.154. The summed E-state index contributed by atoms with van der Waals surface area (Å²) < 4.78 is 5.57. The normalized spacial score (nSPS) is 13.0. The van der Waals surface area contributed by atoms with E-state index in [0.29, 0.717) is 12.3 Å². The lowest BCUT2D eigenvalue weighted by atomic mass is 10.1. The van der Waals surface area contributed by atoms with Crippen molar-refractivity contribution in [2.75, 3.05) is 0 Å². The molecule has 0 fully saturated rings. The van der Waals surface area contributed by atoms with Crippen LogP contribution in [0.2, 0.25) is 0 Å². The largest absolute Gasteiger partial charge is 0.441 e. The predicted octanol–water partition coefficient (Wildman–Crippen LogP) is 3.17. The number of fused-ring (bicyclic) bond motifs is 1. The first-order chi connectivity index (χ1) is 8.33. The summed E-state index contributed by atoms with van der Waals surface area (Å²) in [4.78, 5) is 4.34. The van der Waals surface area contributed by atoms with Crippen LogP contribution in [-0.4, -0.2) is 10.1 Å². The number of hydrogen-bond donors (Lipinski definition) is 1. The van der Waals surface area contributed by atoms with Crippen molar-refractivity contribution in [3.63, 3.8) is 0 Å². The summed E-state index contributed by atoms with van der Waals surface area (Å²) in [5.41, 5.74) is 2.51. The summed E-state index contributed by atoms with van der Waals surface area (Å²) in [6.45, 7) is 0. The zero-order chi connectivity index (χ0) is 11.7. The molecule has 3 nitrogen and oxygen atoms in total. The third-order valence-corrected chi connectivity index (χ3v) is 3.34. The Kier molecular flexibility index (Phi) is 2.66. The Balaban J connectivity index is 1.85. The van der Waals surface area contributed by atoms with Gasteiger partial charge in [0.15, 0.2) is 11.5 Å². The maximum atomic E-state index is 9.99.